The van der Waals surface area contributed by atoms with E-state index in [1.54, 1.807) is 0 Å². The van der Waals surface area contributed by atoms with Crippen molar-refractivity contribution in [2.45, 2.75) is 29.4 Å². The highest BCUT2D eigenvalue weighted by molar-refractivity contribution is 8.01. The van der Waals surface area contributed by atoms with Crippen LogP contribution < -0.4 is 4.90 Å². The van der Waals surface area contributed by atoms with E-state index < -0.39 is 4.75 Å². The third-order valence-corrected chi connectivity index (χ3v) is 3.96. The maximum atomic E-state index is 11.2. The molecule has 1 atom stereocenters. The predicted octanol–water partition coefficient (Wildman–Crippen LogP) is 3.11. The summed E-state index contributed by atoms with van der Waals surface area (Å²) in [6.45, 7) is 1.88. The Bertz CT molecular complexity index is 436. The Morgan fingerprint density at radius 3 is 2.44 bits per heavy atom. The normalized spacial score (nSPS) is 13.4. The van der Waals surface area contributed by atoms with Crippen LogP contribution >= 0.6 is 11.8 Å². The molecule has 0 spiro atoms. The summed E-state index contributed by atoms with van der Waals surface area (Å²) >= 11 is 1.51. The lowest BCUT2D eigenvalue weighted by atomic mass is 10.1. The van der Waals surface area contributed by atoms with Gasteiger partial charge >= 0.3 is 0 Å². The Morgan fingerprint density at radius 1 is 1.39 bits per heavy atom. The number of carbonyl (C=O) groups excluding carboxylic acids is 1. The van der Waals surface area contributed by atoms with Gasteiger partial charge in [-0.25, -0.2) is 0 Å². The zero-order valence-electron chi connectivity index (χ0n) is 11.0. The Hall–Kier alpha value is -1.47. The lowest BCUT2D eigenvalue weighted by Gasteiger charge is -2.21. The average molecular weight is 262 g/mol. The Balaban J connectivity index is 2.76. The number of hydrogen-bond acceptors (Lipinski definition) is 4. The van der Waals surface area contributed by atoms with Gasteiger partial charge in [0, 0.05) is 31.1 Å². The first-order valence-corrected chi connectivity index (χ1v) is 6.62. The third-order valence-electron chi connectivity index (χ3n) is 2.69. The molecule has 0 aliphatic rings. The topological polar surface area (TPSA) is 44.1 Å². The molecule has 1 rings (SSSR count). The van der Waals surface area contributed by atoms with Crippen LogP contribution in [0.25, 0.3) is 0 Å². The molecule has 0 bridgehead atoms. The van der Waals surface area contributed by atoms with Gasteiger partial charge in [-0.05, 0) is 37.6 Å². The van der Waals surface area contributed by atoms with Crippen molar-refractivity contribution in [1.29, 1.82) is 5.26 Å². The minimum atomic E-state index is -0.518. The molecule has 0 aliphatic heterocycles. The SMILES string of the molecule is CN(C)c1ccc(SC(C)(C=O)CCC#N)cc1. The fourth-order valence-corrected chi connectivity index (χ4v) is 2.58. The van der Waals surface area contributed by atoms with Crippen LogP contribution in [0.5, 0.6) is 0 Å². The fourth-order valence-electron chi connectivity index (χ4n) is 1.52. The number of nitriles is 1. The number of benzene rings is 1. The summed E-state index contributed by atoms with van der Waals surface area (Å²) in [4.78, 5) is 14.3. The van der Waals surface area contributed by atoms with E-state index in [9.17, 15) is 4.79 Å². The summed E-state index contributed by atoms with van der Waals surface area (Å²) in [6.07, 6.45) is 1.92. The smallest absolute Gasteiger partial charge is 0.136 e. The molecule has 0 saturated heterocycles. The van der Waals surface area contributed by atoms with Gasteiger partial charge in [0.2, 0.25) is 0 Å². The van der Waals surface area contributed by atoms with E-state index in [2.05, 4.69) is 6.07 Å². The van der Waals surface area contributed by atoms with Gasteiger partial charge in [-0.2, -0.15) is 5.26 Å². The second kappa shape index (κ2) is 6.46. The standard InChI is InChI=1S/C14H18N2OS/c1-14(11-17,9-4-10-15)18-13-7-5-12(6-8-13)16(2)3/h5-8,11H,4,9H2,1-3H3. The number of thioether (sulfide) groups is 1. The maximum Gasteiger partial charge on any atom is 0.136 e. The van der Waals surface area contributed by atoms with Crippen molar-refractivity contribution in [1.82, 2.24) is 0 Å². The van der Waals surface area contributed by atoms with E-state index in [0.717, 1.165) is 16.9 Å². The van der Waals surface area contributed by atoms with Gasteiger partial charge in [-0.15, -0.1) is 11.8 Å². The molecule has 4 heteroatoms. The second-order valence-electron chi connectivity index (χ2n) is 4.58. The summed E-state index contributed by atoms with van der Waals surface area (Å²) in [7, 11) is 3.98. The number of carbonyl (C=O) groups is 1. The van der Waals surface area contributed by atoms with Crippen molar-refractivity contribution in [2.24, 2.45) is 0 Å². The molecule has 0 aliphatic carbocycles. The molecule has 96 valence electrons. The van der Waals surface area contributed by atoms with Crippen molar-refractivity contribution in [3.05, 3.63) is 24.3 Å². The van der Waals surface area contributed by atoms with E-state index in [0.29, 0.717) is 12.8 Å². The lowest BCUT2D eigenvalue weighted by molar-refractivity contribution is -0.109. The number of nitrogens with zero attached hydrogens (tertiary/aromatic N) is 2. The quantitative estimate of drug-likeness (QED) is 0.583. The first-order valence-electron chi connectivity index (χ1n) is 5.80. The zero-order valence-corrected chi connectivity index (χ0v) is 11.8. The zero-order chi connectivity index (χ0) is 13.6. The molecule has 0 N–H and O–H groups in total. The van der Waals surface area contributed by atoms with Gasteiger partial charge in [-0.3, -0.25) is 0 Å². The van der Waals surface area contributed by atoms with E-state index in [1.807, 2.05) is 50.2 Å². The first kappa shape index (κ1) is 14.6. The van der Waals surface area contributed by atoms with Crippen molar-refractivity contribution in [3.63, 3.8) is 0 Å². The van der Waals surface area contributed by atoms with Crippen LogP contribution in [-0.4, -0.2) is 25.1 Å². The van der Waals surface area contributed by atoms with Crippen molar-refractivity contribution in [3.8, 4) is 6.07 Å². The van der Waals surface area contributed by atoms with Crippen LogP contribution in [0.2, 0.25) is 0 Å². The van der Waals surface area contributed by atoms with E-state index >= 15 is 0 Å². The summed E-state index contributed by atoms with van der Waals surface area (Å²) in [5, 5.41) is 8.61. The number of hydrogen-bond donors (Lipinski definition) is 0. The predicted molar refractivity (Wildman–Crippen MR) is 75.9 cm³/mol. The van der Waals surface area contributed by atoms with Crippen LogP contribution in [0, 0.1) is 11.3 Å². The fraction of sp³-hybridized carbons (Fsp3) is 0.429. The molecule has 1 aromatic carbocycles. The molecule has 0 heterocycles. The summed E-state index contributed by atoms with van der Waals surface area (Å²) in [5.41, 5.74) is 1.13. The molecule has 0 radical (unpaired) electrons. The highest BCUT2D eigenvalue weighted by Crippen LogP contribution is 2.35. The van der Waals surface area contributed by atoms with Crippen LogP contribution in [0.1, 0.15) is 19.8 Å². The molecule has 3 nitrogen and oxygen atoms in total. The molecule has 18 heavy (non-hydrogen) atoms. The molecule has 1 aromatic rings. The lowest BCUT2D eigenvalue weighted by Crippen LogP contribution is -2.21. The van der Waals surface area contributed by atoms with E-state index in [1.165, 1.54) is 11.8 Å². The van der Waals surface area contributed by atoms with Gasteiger partial charge in [0.05, 0.1) is 10.8 Å². The van der Waals surface area contributed by atoms with Gasteiger partial charge in [-0.1, -0.05) is 0 Å². The Labute approximate surface area is 113 Å². The molecule has 0 aromatic heterocycles. The van der Waals surface area contributed by atoms with Gasteiger partial charge < -0.3 is 9.69 Å². The summed E-state index contributed by atoms with van der Waals surface area (Å²) in [5.74, 6) is 0. The first-order chi connectivity index (χ1) is 8.50. The summed E-state index contributed by atoms with van der Waals surface area (Å²) in [6, 6.07) is 10.2. The Morgan fingerprint density at radius 2 is 2.00 bits per heavy atom. The number of anilines is 1. The average Bonchev–Trinajstić information content (AvgIpc) is 2.37. The van der Waals surface area contributed by atoms with Crippen LogP contribution in [0.3, 0.4) is 0 Å². The monoisotopic (exact) mass is 262 g/mol. The van der Waals surface area contributed by atoms with Crippen molar-refractivity contribution >= 4 is 23.7 Å². The molecule has 0 fully saturated rings. The molecular weight excluding hydrogens is 244 g/mol. The highest BCUT2D eigenvalue weighted by atomic mass is 32.2. The van der Waals surface area contributed by atoms with Crippen LogP contribution in [-0.2, 0) is 4.79 Å². The van der Waals surface area contributed by atoms with Gasteiger partial charge in [0.25, 0.3) is 0 Å². The summed E-state index contributed by atoms with van der Waals surface area (Å²) < 4.78 is -0.518. The van der Waals surface area contributed by atoms with Crippen molar-refractivity contribution < 1.29 is 4.79 Å². The van der Waals surface area contributed by atoms with Crippen molar-refractivity contribution in [2.75, 3.05) is 19.0 Å². The molecule has 1 unspecified atom stereocenters. The molecular formula is C14H18N2OS. The van der Waals surface area contributed by atoms with Crippen LogP contribution in [0.4, 0.5) is 5.69 Å². The number of aldehydes is 1. The molecule has 0 saturated carbocycles. The minimum Gasteiger partial charge on any atom is -0.378 e. The molecule has 0 amide bonds. The third kappa shape index (κ3) is 4.08. The Kier molecular flexibility index (Phi) is 5.24. The minimum absolute atomic E-state index is 0.401. The number of rotatable bonds is 6. The largest absolute Gasteiger partial charge is 0.378 e. The van der Waals surface area contributed by atoms with Crippen LogP contribution in [0.15, 0.2) is 29.2 Å². The second-order valence-corrected chi connectivity index (χ2v) is 6.19. The highest BCUT2D eigenvalue weighted by Gasteiger charge is 2.24. The van der Waals surface area contributed by atoms with Gasteiger partial charge in [0.15, 0.2) is 0 Å². The van der Waals surface area contributed by atoms with E-state index in [-0.39, 0.29) is 0 Å². The van der Waals surface area contributed by atoms with Gasteiger partial charge in [0.1, 0.15) is 6.29 Å². The van der Waals surface area contributed by atoms with E-state index in [4.69, 9.17) is 5.26 Å². The maximum absolute atomic E-state index is 11.2.